The van der Waals surface area contributed by atoms with Gasteiger partial charge in [-0.15, -0.1) is 11.8 Å². The second-order valence-electron chi connectivity index (χ2n) is 4.07. The fourth-order valence-corrected chi connectivity index (χ4v) is 2.57. The van der Waals surface area contributed by atoms with Crippen molar-refractivity contribution in [2.24, 2.45) is 0 Å². The highest BCUT2D eigenvalue weighted by Gasteiger charge is 2.19. The second kappa shape index (κ2) is 8.00. The average molecular weight is 280 g/mol. The van der Waals surface area contributed by atoms with E-state index in [2.05, 4.69) is 0 Å². The third-order valence-electron chi connectivity index (χ3n) is 2.70. The van der Waals surface area contributed by atoms with Gasteiger partial charge in [0.25, 0.3) is 0 Å². The minimum Gasteiger partial charge on any atom is -0.465 e. The summed E-state index contributed by atoms with van der Waals surface area (Å²) in [6.45, 7) is 6.02. The summed E-state index contributed by atoms with van der Waals surface area (Å²) >= 11 is 1.48. The van der Waals surface area contributed by atoms with Gasteiger partial charge < -0.3 is 4.74 Å². The number of ketones is 1. The van der Waals surface area contributed by atoms with Crippen LogP contribution in [-0.4, -0.2) is 23.6 Å². The predicted octanol–water partition coefficient (Wildman–Crippen LogP) is 3.71. The Labute approximate surface area is 118 Å². The van der Waals surface area contributed by atoms with Crippen molar-refractivity contribution in [3.05, 3.63) is 29.8 Å². The molecule has 0 aliphatic rings. The van der Waals surface area contributed by atoms with Crippen molar-refractivity contribution in [1.29, 1.82) is 0 Å². The maximum Gasteiger partial charge on any atom is 0.319 e. The second-order valence-corrected chi connectivity index (χ2v) is 5.34. The molecule has 104 valence electrons. The molecule has 0 spiro atoms. The van der Waals surface area contributed by atoms with Crippen molar-refractivity contribution in [2.45, 2.75) is 43.8 Å². The van der Waals surface area contributed by atoms with Crippen LogP contribution in [0.4, 0.5) is 0 Å². The minimum absolute atomic E-state index is 0.133. The van der Waals surface area contributed by atoms with E-state index in [1.54, 1.807) is 6.92 Å². The molecule has 0 heterocycles. The van der Waals surface area contributed by atoms with Crippen LogP contribution >= 0.6 is 11.8 Å². The first-order chi connectivity index (χ1) is 9.12. The molecular weight excluding hydrogens is 260 g/mol. The van der Waals surface area contributed by atoms with E-state index in [0.717, 1.165) is 16.9 Å². The lowest BCUT2D eigenvalue weighted by atomic mass is 10.1. The number of thioether (sulfide) groups is 1. The van der Waals surface area contributed by atoms with E-state index in [1.807, 2.05) is 38.1 Å². The Hall–Kier alpha value is -1.29. The first-order valence-corrected chi connectivity index (χ1v) is 7.46. The van der Waals surface area contributed by atoms with Crippen LogP contribution in [0.1, 0.15) is 44.0 Å². The van der Waals surface area contributed by atoms with Crippen molar-refractivity contribution in [2.75, 3.05) is 6.61 Å². The molecule has 0 saturated heterocycles. The van der Waals surface area contributed by atoms with Gasteiger partial charge in [-0.3, -0.25) is 9.59 Å². The third kappa shape index (κ3) is 4.71. The van der Waals surface area contributed by atoms with Crippen LogP contribution in [0.3, 0.4) is 0 Å². The zero-order valence-electron chi connectivity index (χ0n) is 11.6. The molecule has 0 saturated carbocycles. The monoisotopic (exact) mass is 280 g/mol. The van der Waals surface area contributed by atoms with Crippen LogP contribution in [-0.2, 0) is 9.53 Å². The molecular formula is C15H20O3S. The normalized spacial score (nSPS) is 11.9. The van der Waals surface area contributed by atoms with Crippen molar-refractivity contribution >= 4 is 23.5 Å². The summed E-state index contributed by atoms with van der Waals surface area (Å²) in [5, 5.41) is -0.187. The van der Waals surface area contributed by atoms with Gasteiger partial charge in [-0.1, -0.05) is 26.0 Å². The van der Waals surface area contributed by atoms with Crippen molar-refractivity contribution in [1.82, 2.24) is 0 Å². The van der Waals surface area contributed by atoms with Crippen molar-refractivity contribution in [3.63, 3.8) is 0 Å². The van der Waals surface area contributed by atoms with E-state index >= 15 is 0 Å². The minimum atomic E-state index is -0.187. The Morgan fingerprint density at radius 3 is 2.26 bits per heavy atom. The lowest BCUT2D eigenvalue weighted by Crippen LogP contribution is -2.19. The van der Waals surface area contributed by atoms with Crippen LogP contribution in [0, 0.1) is 0 Å². The topological polar surface area (TPSA) is 43.4 Å². The molecule has 4 heteroatoms. The molecule has 0 radical (unpaired) electrons. The highest BCUT2D eigenvalue weighted by atomic mass is 32.2. The van der Waals surface area contributed by atoms with Crippen molar-refractivity contribution in [3.8, 4) is 0 Å². The van der Waals surface area contributed by atoms with Crippen LogP contribution in [0.2, 0.25) is 0 Å². The first-order valence-electron chi connectivity index (χ1n) is 6.58. The Balaban J connectivity index is 2.70. The van der Waals surface area contributed by atoms with Gasteiger partial charge in [-0.05, 0) is 25.5 Å². The molecule has 0 aliphatic heterocycles. The molecule has 0 N–H and O–H groups in total. The van der Waals surface area contributed by atoms with E-state index in [4.69, 9.17) is 4.74 Å². The molecule has 1 aromatic carbocycles. The van der Waals surface area contributed by atoms with Crippen molar-refractivity contribution < 1.29 is 14.3 Å². The summed E-state index contributed by atoms with van der Waals surface area (Å²) in [4.78, 5) is 24.2. The van der Waals surface area contributed by atoms with E-state index in [1.165, 1.54) is 11.8 Å². The van der Waals surface area contributed by atoms with Crippen LogP contribution in [0.25, 0.3) is 0 Å². The summed E-state index contributed by atoms with van der Waals surface area (Å²) in [5.74, 6) is -0.0438. The van der Waals surface area contributed by atoms with Gasteiger partial charge in [0.2, 0.25) is 0 Å². The average Bonchev–Trinajstić information content (AvgIpc) is 2.44. The molecule has 0 bridgehead atoms. The summed E-state index contributed by atoms with van der Waals surface area (Å²) in [5.41, 5.74) is 0.719. The zero-order valence-corrected chi connectivity index (χ0v) is 12.5. The molecule has 1 rings (SSSR count). The van der Waals surface area contributed by atoms with Gasteiger partial charge in [0.05, 0.1) is 6.61 Å². The van der Waals surface area contributed by atoms with Gasteiger partial charge in [0, 0.05) is 16.9 Å². The molecule has 0 amide bonds. The number of hydrogen-bond acceptors (Lipinski definition) is 4. The molecule has 1 unspecified atom stereocenters. The Morgan fingerprint density at radius 1 is 1.16 bits per heavy atom. The number of carbonyl (C=O) groups excluding carboxylic acids is 2. The largest absolute Gasteiger partial charge is 0.465 e. The molecule has 3 nitrogen and oxygen atoms in total. The number of carbonyl (C=O) groups is 2. The Kier molecular flexibility index (Phi) is 6.64. The smallest absolute Gasteiger partial charge is 0.319 e. The number of ether oxygens (including phenoxy) is 1. The molecule has 1 aromatic rings. The SMILES string of the molecule is CCOC(=O)C(CC)Sc1ccc(C(=O)CC)cc1. The van der Waals surface area contributed by atoms with Gasteiger partial charge >= 0.3 is 5.97 Å². The number of Topliss-reactive ketones (excluding diaryl/α,β-unsaturated/α-hetero) is 1. The fraction of sp³-hybridized carbons (Fsp3) is 0.467. The lowest BCUT2D eigenvalue weighted by molar-refractivity contribution is -0.142. The van der Waals surface area contributed by atoms with Crippen LogP contribution in [0.5, 0.6) is 0 Å². The van der Waals surface area contributed by atoms with E-state index in [0.29, 0.717) is 13.0 Å². The highest BCUT2D eigenvalue weighted by Crippen LogP contribution is 2.26. The number of rotatable bonds is 7. The van der Waals surface area contributed by atoms with Crippen LogP contribution in [0.15, 0.2) is 29.2 Å². The van der Waals surface area contributed by atoms with Gasteiger partial charge in [-0.2, -0.15) is 0 Å². The molecule has 0 aromatic heterocycles. The maximum absolute atomic E-state index is 11.7. The predicted molar refractivity (Wildman–Crippen MR) is 77.6 cm³/mol. The number of benzene rings is 1. The Morgan fingerprint density at radius 2 is 1.79 bits per heavy atom. The highest BCUT2D eigenvalue weighted by molar-refractivity contribution is 8.00. The molecule has 19 heavy (non-hydrogen) atoms. The van der Waals surface area contributed by atoms with E-state index < -0.39 is 0 Å². The number of esters is 1. The number of hydrogen-bond donors (Lipinski definition) is 0. The van der Waals surface area contributed by atoms with E-state index in [9.17, 15) is 9.59 Å². The third-order valence-corrected chi connectivity index (χ3v) is 4.05. The van der Waals surface area contributed by atoms with E-state index in [-0.39, 0.29) is 17.0 Å². The fourth-order valence-electron chi connectivity index (χ4n) is 1.62. The summed E-state index contributed by atoms with van der Waals surface area (Å²) in [7, 11) is 0. The maximum atomic E-state index is 11.7. The Bertz CT molecular complexity index is 426. The standard InChI is InChI=1S/C15H20O3S/c1-4-13(16)11-7-9-12(10-8-11)19-14(5-2)15(17)18-6-3/h7-10,14H,4-6H2,1-3H3. The lowest BCUT2D eigenvalue weighted by Gasteiger charge is -2.13. The molecule has 1 atom stereocenters. The molecule has 0 fully saturated rings. The summed E-state index contributed by atoms with van der Waals surface area (Å²) in [6, 6.07) is 7.39. The van der Waals surface area contributed by atoms with Gasteiger partial charge in [-0.25, -0.2) is 0 Å². The first kappa shape index (κ1) is 15.8. The van der Waals surface area contributed by atoms with Crippen LogP contribution < -0.4 is 0 Å². The van der Waals surface area contributed by atoms with Gasteiger partial charge in [0.15, 0.2) is 5.78 Å². The molecule has 0 aliphatic carbocycles. The quantitative estimate of drug-likeness (QED) is 0.434. The zero-order chi connectivity index (χ0) is 14.3. The van der Waals surface area contributed by atoms with Gasteiger partial charge in [0.1, 0.15) is 5.25 Å². The summed E-state index contributed by atoms with van der Waals surface area (Å²) < 4.78 is 5.03. The summed E-state index contributed by atoms with van der Waals surface area (Å²) in [6.07, 6.45) is 1.23.